The van der Waals surface area contributed by atoms with Crippen LogP contribution in [-0.4, -0.2) is 73.6 Å². The standard InChI is InChI=1S/C22H26N4O11/c1-11(27)32-10-17-19(33-12(2)28)20(34-13(3)29)21(35-14(4)30)22(37-17)36-16-7-5-6-15(8-16)25-18(31)9-24-26-23/h5-8,17,19-22H,9-10H2,1-4H3,(H,25,31)/t17?,19-,20?,21?,22+/m0/s1. The highest BCUT2D eigenvalue weighted by molar-refractivity contribution is 5.92. The molecule has 0 saturated carbocycles. The van der Waals surface area contributed by atoms with Crippen molar-refractivity contribution in [3.63, 3.8) is 0 Å². The fourth-order valence-electron chi connectivity index (χ4n) is 3.36. The third kappa shape index (κ3) is 9.31. The Morgan fingerprint density at radius 1 is 0.946 bits per heavy atom. The number of carbonyl (C=O) groups is 5. The van der Waals surface area contributed by atoms with Gasteiger partial charge in [0.1, 0.15) is 25.0 Å². The zero-order valence-electron chi connectivity index (χ0n) is 20.4. The van der Waals surface area contributed by atoms with E-state index in [1.165, 1.54) is 24.3 Å². The first-order chi connectivity index (χ1) is 17.5. The minimum absolute atomic E-state index is 0.127. The smallest absolute Gasteiger partial charge is 0.303 e. The van der Waals surface area contributed by atoms with Crippen LogP contribution in [0, 0.1) is 0 Å². The molecule has 1 saturated heterocycles. The lowest BCUT2D eigenvalue weighted by Gasteiger charge is -2.43. The van der Waals surface area contributed by atoms with E-state index >= 15 is 0 Å². The fraction of sp³-hybridized carbons (Fsp3) is 0.500. The van der Waals surface area contributed by atoms with E-state index in [2.05, 4.69) is 15.3 Å². The Morgan fingerprint density at radius 2 is 1.57 bits per heavy atom. The first kappa shape index (κ1) is 28.9. The molecule has 1 N–H and O–H groups in total. The molecular formula is C22H26N4O11. The molecule has 0 bridgehead atoms. The van der Waals surface area contributed by atoms with Gasteiger partial charge in [-0.3, -0.25) is 24.0 Å². The van der Waals surface area contributed by atoms with Crippen LogP contribution in [0.25, 0.3) is 10.4 Å². The number of anilines is 1. The summed E-state index contributed by atoms with van der Waals surface area (Å²) in [7, 11) is 0. The first-order valence-corrected chi connectivity index (χ1v) is 10.9. The molecule has 1 fully saturated rings. The van der Waals surface area contributed by atoms with Crippen LogP contribution in [0.1, 0.15) is 27.7 Å². The van der Waals surface area contributed by atoms with E-state index < -0.39 is 73.6 Å². The predicted molar refractivity (Wildman–Crippen MR) is 122 cm³/mol. The number of nitrogens with one attached hydrogen (secondary N) is 1. The van der Waals surface area contributed by atoms with Crippen LogP contribution in [0.2, 0.25) is 0 Å². The van der Waals surface area contributed by atoms with E-state index in [1.54, 1.807) is 0 Å². The molecule has 1 aliphatic heterocycles. The lowest BCUT2D eigenvalue weighted by molar-refractivity contribution is -0.288. The molecule has 15 heteroatoms. The van der Waals surface area contributed by atoms with E-state index in [0.29, 0.717) is 0 Å². The Bertz CT molecular complexity index is 1070. The number of hydrogen-bond acceptors (Lipinski definition) is 12. The maximum absolute atomic E-state index is 11.9. The third-order valence-corrected chi connectivity index (χ3v) is 4.60. The van der Waals surface area contributed by atoms with Crippen molar-refractivity contribution in [2.24, 2.45) is 5.11 Å². The Morgan fingerprint density at radius 3 is 2.16 bits per heavy atom. The van der Waals surface area contributed by atoms with Gasteiger partial charge in [-0.05, 0) is 17.7 Å². The molecule has 1 amide bonds. The number of rotatable bonds is 10. The summed E-state index contributed by atoms with van der Waals surface area (Å²) in [6.45, 7) is 3.63. The van der Waals surface area contributed by atoms with E-state index in [1.807, 2.05) is 0 Å². The van der Waals surface area contributed by atoms with Crippen LogP contribution < -0.4 is 10.1 Å². The topological polar surface area (TPSA) is 202 Å². The molecule has 1 aliphatic rings. The van der Waals surface area contributed by atoms with Crippen molar-refractivity contribution in [2.45, 2.75) is 58.4 Å². The second-order valence-corrected chi connectivity index (χ2v) is 7.65. The largest absolute Gasteiger partial charge is 0.463 e. The van der Waals surface area contributed by atoms with Gasteiger partial charge in [0.05, 0.1) is 0 Å². The van der Waals surface area contributed by atoms with Gasteiger partial charge in [0, 0.05) is 44.4 Å². The highest BCUT2D eigenvalue weighted by Gasteiger charge is 2.53. The summed E-state index contributed by atoms with van der Waals surface area (Å²) >= 11 is 0. The molecule has 1 aromatic carbocycles. The number of carbonyl (C=O) groups excluding carboxylic acids is 5. The molecule has 3 unspecified atom stereocenters. The normalized spacial score (nSPS) is 22.4. The van der Waals surface area contributed by atoms with Crippen molar-refractivity contribution in [3.05, 3.63) is 34.7 Å². The molecule has 0 radical (unpaired) electrons. The van der Waals surface area contributed by atoms with Gasteiger partial charge in [-0.15, -0.1) is 0 Å². The first-order valence-electron chi connectivity index (χ1n) is 10.9. The van der Waals surface area contributed by atoms with E-state index in [-0.39, 0.29) is 11.4 Å². The van der Waals surface area contributed by atoms with Crippen molar-refractivity contribution in [1.82, 2.24) is 0 Å². The minimum Gasteiger partial charge on any atom is -0.463 e. The number of amides is 1. The Kier molecular flexibility index (Phi) is 10.7. The second kappa shape index (κ2) is 13.7. The van der Waals surface area contributed by atoms with Crippen molar-refractivity contribution in [1.29, 1.82) is 0 Å². The molecule has 0 aromatic heterocycles. The van der Waals surface area contributed by atoms with E-state index in [4.69, 9.17) is 34.0 Å². The van der Waals surface area contributed by atoms with Crippen LogP contribution in [0.5, 0.6) is 5.75 Å². The maximum Gasteiger partial charge on any atom is 0.303 e. The average molecular weight is 522 g/mol. The molecule has 200 valence electrons. The van der Waals surface area contributed by atoms with Gasteiger partial charge in [-0.1, -0.05) is 11.2 Å². The lowest BCUT2D eigenvalue weighted by Crippen LogP contribution is -2.63. The van der Waals surface area contributed by atoms with Crippen LogP contribution in [0.15, 0.2) is 29.4 Å². The zero-order valence-corrected chi connectivity index (χ0v) is 20.4. The highest BCUT2D eigenvalue weighted by atomic mass is 16.7. The van der Waals surface area contributed by atoms with Crippen molar-refractivity contribution >= 4 is 35.5 Å². The van der Waals surface area contributed by atoms with Crippen molar-refractivity contribution < 1.29 is 52.4 Å². The summed E-state index contributed by atoms with van der Waals surface area (Å²) in [6.07, 6.45) is -6.74. The number of azide groups is 1. The van der Waals surface area contributed by atoms with Crippen LogP contribution >= 0.6 is 0 Å². The summed E-state index contributed by atoms with van der Waals surface area (Å²) in [5.41, 5.74) is 8.63. The van der Waals surface area contributed by atoms with Gasteiger partial charge in [-0.25, -0.2) is 0 Å². The zero-order chi connectivity index (χ0) is 27.5. The lowest BCUT2D eigenvalue weighted by atomic mass is 9.98. The molecular weight excluding hydrogens is 496 g/mol. The number of esters is 4. The van der Waals surface area contributed by atoms with Gasteiger partial charge >= 0.3 is 23.9 Å². The van der Waals surface area contributed by atoms with Crippen molar-refractivity contribution in [2.75, 3.05) is 18.5 Å². The maximum atomic E-state index is 11.9. The summed E-state index contributed by atoms with van der Waals surface area (Å²) in [5, 5.41) is 5.68. The van der Waals surface area contributed by atoms with Gasteiger partial charge in [0.25, 0.3) is 0 Å². The van der Waals surface area contributed by atoms with Gasteiger partial charge in [0.15, 0.2) is 12.2 Å². The van der Waals surface area contributed by atoms with Crippen LogP contribution in [0.3, 0.4) is 0 Å². The van der Waals surface area contributed by atoms with Gasteiger partial charge < -0.3 is 33.7 Å². The predicted octanol–water partition coefficient (Wildman–Crippen LogP) is 1.40. The Balaban J connectivity index is 2.41. The van der Waals surface area contributed by atoms with Crippen LogP contribution in [-0.2, 0) is 47.7 Å². The number of benzene rings is 1. The molecule has 15 nitrogen and oxygen atoms in total. The molecule has 0 aliphatic carbocycles. The second-order valence-electron chi connectivity index (χ2n) is 7.65. The Labute approximate surface area is 210 Å². The number of nitrogens with zero attached hydrogens (tertiary/aromatic N) is 3. The molecule has 5 atom stereocenters. The SMILES string of the molecule is CC(=O)OCC1O[C@@H](Oc2cccc(NC(=O)CN=[N+]=[N-])c2)C(OC(C)=O)C(OC(C)=O)[C@H]1OC(C)=O. The molecule has 2 rings (SSSR count). The number of hydrogen-bond donors (Lipinski definition) is 1. The summed E-state index contributed by atoms with van der Waals surface area (Å²) in [4.78, 5) is 61.4. The fourth-order valence-corrected chi connectivity index (χ4v) is 3.36. The highest BCUT2D eigenvalue weighted by Crippen LogP contribution is 2.31. The van der Waals surface area contributed by atoms with Gasteiger partial charge in [0.2, 0.25) is 18.3 Å². The molecule has 1 heterocycles. The quantitative estimate of drug-likeness (QED) is 0.153. The number of ether oxygens (including phenoxy) is 6. The van der Waals surface area contributed by atoms with E-state index in [0.717, 1.165) is 27.7 Å². The summed E-state index contributed by atoms with van der Waals surface area (Å²) in [5.74, 6) is -3.43. The monoisotopic (exact) mass is 522 g/mol. The summed E-state index contributed by atoms with van der Waals surface area (Å²) in [6, 6.07) is 5.97. The summed E-state index contributed by atoms with van der Waals surface area (Å²) < 4.78 is 32.7. The Hall–Kier alpha value is -4.36. The minimum atomic E-state index is -1.44. The molecule has 37 heavy (non-hydrogen) atoms. The third-order valence-electron chi connectivity index (χ3n) is 4.60. The molecule has 1 aromatic rings. The van der Waals surface area contributed by atoms with E-state index in [9.17, 15) is 24.0 Å². The average Bonchev–Trinajstić information content (AvgIpc) is 2.79. The van der Waals surface area contributed by atoms with Crippen LogP contribution in [0.4, 0.5) is 5.69 Å². The molecule has 0 spiro atoms. The van der Waals surface area contributed by atoms with Crippen molar-refractivity contribution in [3.8, 4) is 5.75 Å². The van der Waals surface area contributed by atoms with Gasteiger partial charge in [-0.2, -0.15) is 0 Å².